The van der Waals surface area contributed by atoms with Gasteiger partial charge >= 0.3 is 0 Å². The molecule has 12 nitrogen and oxygen atoms in total. The molecule has 238 valence electrons. The number of benzene rings is 1. The molecule has 1 aromatic carbocycles. The van der Waals surface area contributed by atoms with Gasteiger partial charge in [0.2, 0.25) is 16.0 Å². The highest BCUT2D eigenvalue weighted by Gasteiger charge is 2.27. The minimum atomic E-state index is -3.86. The van der Waals surface area contributed by atoms with Crippen LogP contribution in [0.3, 0.4) is 0 Å². The fraction of sp³-hybridized carbons (Fsp3) is 0.379. The molecule has 1 fully saturated rings. The van der Waals surface area contributed by atoms with Gasteiger partial charge in [0, 0.05) is 37.8 Å². The van der Waals surface area contributed by atoms with Crippen molar-refractivity contribution in [2.45, 2.75) is 45.1 Å². The average Bonchev–Trinajstić information content (AvgIpc) is 2.99. The van der Waals surface area contributed by atoms with Gasteiger partial charge in [-0.2, -0.15) is 0 Å². The van der Waals surface area contributed by atoms with Crippen molar-refractivity contribution < 1.29 is 22.0 Å². The maximum atomic E-state index is 13.6. The maximum Gasteiger partial charge on any atom is 0.285 e. The summed E-state index contributed by atoms with van der Waals surface area (Å²) < 4.78 is 52.6. The van der Waals surface area contributed by atoms with Crippen LogP contribution in [0.1, 0.15) is 71.2 Å². The lowest BCUT2D eigenvalue weighted by atomic mass is 9.94. The third kappa shape index (κ3) is 7.04. The number of anilines is 2. The summed E-state index contributed by atoms with van der Waals surface area (Å²) in [6.07, 6.45) is 2.03. The van der Waals surface area contributed by atoms with Crippen LogP contribution in [0.15, 0.2) is 41.5 Å². The fourth-order valence-corrected chi connectivity index (χ4v) is 6.03. The number of amides is 1. The van der Waals surface area contributed by atoms with Crippen LogP contribution in [0.25, 0.3) is 10.9 Å². The zero-order chi connectivity index (χ0) is 32.6. The number of pyridine rings is 1. The molecule has 0 aliphatic carbocycles. The minimum absolute atomic E-state index is 0.00338. The lowest BCUT2D eigenvalue weighted by Gasteiger charge is -2.33. The van der Waals surface area contributed by atoms with Crippen LogP contribution >= 0.6 is 11.6 Å². The number of nitrogens with one attached hydrogen (secondary N) is 2. The predicted octanol–water partition coefficient (Wildman–Crippen LogP) is 4.26. The summed E-state index contributed by atoms with van der Waals surface area (Å²) in [4.78, 5) is 45.4. The molecule has 3 aromatic heterocycles. The van der Waals surface area contributed by atoms with Gasteiger partial charge in [-0.1, -0.05) is 17.7 Å². The highest BCUT2D eigenvalue weighted by atomic mass is 35.5. The molecule has 5 rings (SSSR count). The van der Waals surface area contributed by atoms with Gasteiger partial charge in [-0.05, 0) is 50.5 Å². The predicted molar refractivity (Wildman–Crippen MR) is 166 cm³/mol. The molecule has 2 N–H and O–H groups in total. The zero-order valence-corrected chi connectivity index (χ0v) is 26.5. The Hall–Kier alpha value is -4.24. The van der Waals surface area contributed by atoms with E-state index >= 15 is 0 Å². The van der Waals surface area contributed by atoms with Crippen molar-refractivity contribution in [3.05, 3.63) is 80.4 Å². The van der Waals surface area contributed by atoms with Crippen LogP contribution in [-0.2, 0) is 17.1 Å². The first-order chi connectivity index (χ1) is 21.2. The quantitative estimate of drug-likeness (QED) is 0.262. The maximum absolute atomic E-state index is 13.6. The van der Waals surface area contributed by atoms with Gasteiger partial charge in [0.25, 0.3) is 17.9 Å². The number of halogens is 3. The summed E-state index contributed by atoms with van der Waals surface area (Å²) >= 11 is 6.02. The number of sulfonamides is 1. The summed E-state index contributed by atoms with van der Waals surface area (Å²) in [5.41, 5.74) is 2.05. The number of carbonyl (C=O) groups is 1. The second kappa shape index (κ2) is 12.6. The molecule has 1 aliphatic rings. The van der Waals surface area contributed by atoms with E-state index in [-0.39, 0.29) is 33.7 Å². The highest BCUT2D eigenvalue weighted by molar-refractivity contribution is 7.89. The van der Waals surface area contributed by atoms with Crippen LogP contribution < -0.4 is 20.5 Å². The number of hydrogen-bond donors (Lipinski definition) is 2. The van der Waals surface area contributed by atoms with Gasteiger partial charge in [0.05, 0.1) is 40.8 Å². The summed E-state index contributed by atoms with van der Waals surface area (Å²) in [6.45, 7) is 4.79. The molecule has 1 aliphatic heterocycles. The number of carbonyl (C=O) groups excluding carboxylic acids is 1. The second-order valence-electron chi connectivity index (χ2n) is 11.1. The number of alkyl halides is 2. The summed E-state index contributed by atoms with van der Waals surface area (Å²) in [5, 5.41) is 3.63. The standard InChI is InChI=1S/C29H31ClF2N8O4S/c1-15-11-18(16(2)35-20-5-6-23(30)36-25(20)27(41)38-45(4,43)44)24-19(12-15)28(42)39(3)29(37-24)40-9-7-17(8-10-40)21-13-34-22(14-33-21)26(31)32/h5-6,11-14,16-17,26,35H,7-10H2,1-4H3,(H,38,41)/t16-/m1/s1. The lowest BCUT2D eigenvalue weighted by molar-refractivity contribution is 0.0977. The first kappa shape index (κ1) is 32.2. The van der Waals surface area contributed by atoms with Crippen molar-refractivity contribution >= 4 is 50.1 Å². The first-order valence-electron chi connectivity index (χ1n) is 14.0. The van der Waals surface area contributed by atoms with Gasteiger partial charge in [-0.3, -0.25) is 24.1 Å². The van der Waals surface area contributed by atoms with Crippen LogP contribution in [0.4, 0.5) is 20.4 Å². The minimum Gasteiger partial charge on any atom is -0.377 e. The Morgan fingerprint density at radius 3 is 2.44 bits per heavy atom. The summed E-state index contributed by atoms with van der Waals surface area (Å²) in [6, 6.07) is 6.15. The molecule has 1 amide bonds. The van der Waals surface area contributed by atoms with Crippen LogP contribution in [0.2, 0.25) is 5.15 Å². The Morgan fingerprint density at radius 1 is 1.11 bits per heavy atom. The number of aryl methyl sites for hydroxylation is 1. The molecule has 0 bridgehead atoms. The Labute approximate surface area is 262 Å². The average molecular weight is 661 g/mol. The molecule has 0 unspecified atom stereocenters. The smallest absolute Gasteiger partial charge is 0.285 e. The van der Waals surface area contributed by atoms with Crippen LogP contribution in [0.5, 0.6) is 0 Å². The fourth-order valence-electron chi connectivity index (χ4n) is 5.45. The molecule has 1 atom stereocenters. The first-order valence-corrected chi connectivity index (χ1v) is 16.3. The number of rotatable bonds is 8. The molecule has 4 heterocycles. The monoisotopic (exact) mass is 660 g/mol. The molecule has 16 heteroatoms. The van der Waals surface area contributed by atoms with Crippen molar-refractivity contribution in [3.8, 4) is 0 Å². The zero-order valence-electron chi connectivity index (χ0n) is 24.9. The van der Waals surface area contributed by atoms with E-state index in [9.17, 15) is 26.8 Å². The van der Waals surface area contributed by atoms with Gasteiger partial charge in [0.1, 0.15) is 10.8 Å². The van der Waals surface area contributed by atoms with Gasteiger partial charge in [0.15, 0.2) is 5.69 Å². The van der Waals surface area contributed by atoms with E-state index in [4.69, 9.17) is 16.6 Å². The number of nitrogens with zero attached hydrogens (tertiary/aromatic N) is 6. The lowest BCUT2D eigenvalue weighted by Crippen LogP contribution is -2.38. The van der Waals surface area contributed by atoms with Gasteiger partial charge in [-0.25, -0.2) is 31.9 Å². The molecule has 45 heavy (non-hydrogen) atoms. The van der Waals surface area contributed by atoms with E-state index in [1.807, 2.05) is 29.5 Å². The Balaban J connectivity index is 1.45. The second-order valence-corrected chi connectivity index (χ2v) is 13.2. The summed E-state index contributed by atoms with van der Waals surface area (Å²) in [5.74, 6) is -0.441. The molecular formula is C29H31ClF2N8O4S. The number of aromatic nitrogens is 5. The number of piperidine rings is 1. The molecule has 4 aromatic rings. The van der Waals surface area contributed by atoms with E-state index in [0.717, 1.165) is 18.0 Å². The molecule has 1 saturated heterocycles. The van der Waals surface area contributed by atoms with Gasteiger partial charge in [-0.15, -0.1) is 0 Å². The molecule has 0 spiro atoms. The number of fused-ring (bicyclic) bond motifs is 1. The Bertz CT molecular complexity index is 1930. The molecule has 0 saturated carbocycles. The normalized spacial score (nSPS) is 15.0. The molecule has 0 radical (unpaired) electrons. The largest absolute Gasteiger partial charge is 0.377 e. The Morgan fingerprint density at radius 2 is 1.82 bits per heavy atom. The van der Waals surface area contributed by atoms with Crippen molar-refractivity contribution in [1.82, 2.24) is 29.2 Å². The highest BCUT2D eigenvalue weighted by Crippen LogP contribution is 2.32. The SMILES string of the molecule is Cc1cc([C@@H](C)Nc2ccc(Cl)nc2C(=O)NS(C)(=O)=O)c2nc(N3CCC(c4cnc(C(F)F)cn4)CC3)n(C)c(=O)c2c1. The third-order valence-corrected chi connectivity index (χ3v) is 8.40. The third-order valence-electron chi connectivity index (χ3n) is 7.63. The molecular weight excluding hydrogens is 630 g/mol. The van der Waals surface area contributed by atoms with E-state index in [1.54, 1.807) is 13.1 Å². The van der Waals surface area contributed by atoms with Crippen molar-refractivity contribution in [3.63, 3.8) is 0 Å². The van der Waals surface area contributed by atoms with E-state index in [0.29, 0.717) is 54.0 Å². The Kier molecular flexibility index (Phi) is 9.03. The van der Waals surface area contributed by atoms with Crippen molar-refractivity contribution in [2.75, 3.05) is 29.6 Å². The van der Waals surface area contributed by atoms with E-state index in [1.165, 1.54) is 22.9 Å². The van der Waals surface area contributed by atoms with Crippen molar-refractivity contribution in [2.24, 2.45) is 7.05 Å². The van der Waals surface area contributed by atoms with E-state index < -0.39 is 28.4 Å². The summed E-state index contributed by atoms with van der Waals surface area (Å²) in [7, 11) is -2.19. The van der Waals surface area contributed by atoms with Crippen molar-refractivity contribution in [1.29, 1.82) is 0 Å². The topological polar surface area (TPSA) is 152 Å². The van der Waals surface area contributed by atoms with E-state index in [2.05, 4.69) is 20.3 Å². The number of hydrogen-bond acceptors (Lipinski definition) is 10. The van der Waals surface area contributed by atoms with Gasteiger partial charge < -0.3 is 10.2 Å². The van der Waals surface area contributed by atoms with Crippen LogP contribution in [0, 0.1) is 6.92 Å². The van der Waals surface area contributed by atoms with Crippen LogP contribution in [-0.4, -0.2) is 58.2 Å².